The maximum atomic E-state index is 11.8. The lowest BCUT2D eigenvalue weighted by atomic mass is 10.1. The number of hydrogen-bond acceptors (Lipinski definition) is 9. The summed E-state index contributed by atoms with van der Waals surface area (Å²) >= 11 is 0. The highest BCUT2D eigenvalue weighted by molar-refractivity contribution is 5.92. The Bertz CT molecular complexity index is 784. The van der Waals surface area contributed by atoms with Gasteiger partial charge in [0.25, 0.3) is 0 Å². The highest BCUT2D eigenvalue weighted by atomic mass is 16.8. The summed E-state index contributed by atoms with van der Waals surface area (Å²) in [5.74, 6) is -2.20. The van der Waals surface area contributed by atoms with E-state index in [0.29, 0.717) is 0 Å². The molecule has 0 unspecified atom stereocenters. The fourth-order valence-electron chi connectivity index (χ4n) is 2.33. The van der Waals surface area contributed by atoms with Gasteiger partial charge in [0.2, 0.25) is 0 Å². The second-order valence-corrected chi connectivity index (χ2v) is 6.04. The molecule has 9 heteroatoms. The van der Waals surface area contributed by atoms with E-state index < -0.39 is 36.3 Å². The van der Waals surface area contributed by atoms with E-state index in [-0.39, 0.29) is 12.8 Å². The zero-order valence-electron chi connectivity index (χ0n) is 15.4. The minimum absolute atomic E-state index is 0.115. The maximum Gasteiger partial charge on any atom is 0.526 e. The van der Waals surface area contributed by atoms with Gasteiger partial charge in [-0.25, -0.2) is 19.2 Å². The molecule has 4 N–H and O–H groups in total. The lowest BCUT2D eigenvalue weighted by molar-refractivity contribution is -0.142. The van der Waals surface area contributed by atoms with Gasteiger partial charge in [0, 0.05) is 0 Å². The molecular weight excluding hydrogens is 380 g/mol. The Hall–Kier alpha value is -3.56. The smallest absolute Gasteiger partial charge is 0.359 e. The highest BCUT2D eigenvalue weighted by Crippen LogP contribution is 2.05. The van der Waals surface area contributed by atoms with Gasteiger partial charge in [0.15, 0.2) is 0 Å². The van der Waals surface area contributed by atoms with Crippen molar-refractivity contribution >= 4 is 24.2 Å². The molecule has 0 spiro atoms. The van der Waals surface area contributed by atoms with Crippen LogP contribution in [0.3, 0.4) is 0 Å². The summed E-state index contributed by atoms with van der Waals surface area (Å²) in [4.78, 5) is 46.6. The fraction of sp³-hybridized carbons (Fsp3) is 0.200. The van der Waals surface area contributed by atoms with Gasteiger partial charge in [-0.3, -0.25) is 0 Å². The number of ether oxygens (including phenoxy) is 3. The molecule has 2 aromatic carbocycles. The lowest BCUT2D eigenvalue weighted by Gasteiger charge is -2.11. The van der Waals surface area contributed by atoms with E-state index in [1.807, 2.05) is 0 Å². The standard InChI is InChI=1S/C20H20N2O7/c21-15(11-13-7-3-1-4-8-13)17(23)27-19(25)29-20(26)28-18(24)16(22)12-14-9-5-2-6-10-14/h1-10,15-16H,11-12,21-22H2/t15-,16-/m0/s1. The second-order valence-electron chi connectivity index (χ2n) is 6.04. The second kappa shape index (κ2) is 10.7. The van der Waals surface area contributed by atoms with Crippen LogP contribution in [0, 0.1) is 0 Å². The first kappa shape index (κ1) is 21.7. The monoisotopic (exact) mass is 400 g/mol. The van der Waals surface area contributed by atoms with Gasteiger partial charge >= 0.3 is 24.2 Å². The van der Waals surface area contributed by atoms with Crippen LogP contribution in [-0.4, -0.2) is 36.3 Å². The molecule has 0 heterocycles. The van der Waals surface area contributed by atoms with Crippen LogP contribution in [0.4, 0.5) is 9.59 Å². The molecule has 0 aliphatic carbocycles. The molecule has 0 radical (unpaired) electrons. The summed E-state index contributed by atoms with van der Waals surface area (Å²) in [5.41, 5.74) is 12.8. The molecule has 0 saturated carbocycles. The van der Waals surface area contributed by atoms with Crippen LogP contribution in [0.1, 0.15) is 11.1 Å². The van der Waals surface area contributed by atoms with Crippen LogP contribution < -0.4 is 11.5 Å². The number of benzene rings is 2. The van der Waals surface area contributed by atoms with Crippen LogP contribution in [0.2, 0.25) is 0 Å². The Balaban J connectivity index is 1.75. The van der Waals surface area contributed by atoms with E-state index in [1.54, 1.807) is 60.7 Å². The van der Waals surface area contributed by atoms with E-state index >= 15 is 0 Å². The Morgan fingerprint density at radius 3 is 1.31 bits per heavy atom. The molecule has 0 fully saturated rings. The summed E-state index contributed by atoms with van der Waals surface area (Å²) < 4.78 is 12.8. The first-order chi connectivity index (χ1) is 13.8. The van der Waals surface area contributed by atoms with E-state index in [2.05, 4.69) is 14.2 Å². The van der Waals surface area contributed by atoms with E-state index in [4.69, 9.17) is 11.5 Å². The van der Waals surface area contributed by atoms with E-state index in [0.717, 1.165) is 11.1 Å². The van der Waals surface area contributed by atoms with Crippen molar-refractivity contribution in [2.24, 2.45) is 11.5 Å². The lowest BCUT2D eigenvalue weighted by Crippen LogP contribution is -2.37. The number of rotatable bonds is 6. The molecule has 0 aliphatic rings. The molecule has 0 aromatic heterocycles. The van der Waals surface area contributed by atoms with Gasteiger partial charge in [0.05, 0.1) is 0 Å². The fourth-order valence-corrected chi connectivity index (χ4v) is 2.33. The van der Waals surface area contributed by atoms with E-state index in [9.17, 15) is 19.2 Å². The number of nitrogens with two attached hydrogens (primary N) is 2. The van der Waals surface area contributed by atoms with Gasteiger partial charge in [-0.1, -0.05) is 60.7 Å². The van der Waals surface area contributed by atoms with Crippen molar-refractivity contribution in [2.45, 2.75) is 24.9 Å². The average Bonchev–Trinajstić information content (AvgIpc) is 2.69. The SMILES string of the molecule is N[C@@H](Cc1ccccc1)C(=O)OC(=O)OC(=O)OC(=O)[C@@H](N)Cc1ccccc1. The molecule has 2 atom stereocenters. The van der Waals surface area contributed by atoms with Crippen LogP contribution >= 0.6 is 0 Å². The molecule has 0 amide bonds. The molecule has 2 rings (SSSR count). The zero-order chi connectivity index (χ0) is 21.2. The molecule has 0 aliphatic heterocycles. The minimum atomic E-state index is -1.66. The van der Waals surface area contributed by atoms with Crippen LogP contribution in [0.5, 0.6) is 0 Å². The van der Waals surface area contributed by atoms with Crippen molar-refractivity contribution in [1.29, 1.82) is 0 Å². The van der Waals surface area contributed by atoms with Gasteiger partial charge < -0.3 is 25.7 Å². The summed E-state index contributed by atoms with van der Waals surface area (Å²) in [6.45, 7) is 0. The van der Waals surface area contributed by atoms with Crippen molar-refractivity contribution in [2.75, 3.05) is 0 Å². The van der Waals surface area contributed by atoms with Gasteiger partial charge in [-0.15, -0.1) is 0 Å². The molecular formula is C20H20N2O7. The van der Waals surface area contributed by atoms with E-state index in [1.165, 1.54) is 0 Å². The largest absolute Gasteiger partial charge is 0.526 e. The van der Waals surface area contributed by atoms with Gasteiger partial charge in [-0.2, -0.15) is 0 Å². The highest BCUT2D eigenvalue weighted by Gasteiger charge is 2.25. The van der Waals surface area contributed by atoms with Crippen LogP contribution in [0.25, 0.3) is 0 Å². The third-order valence-electron chi connectivity index (χ3n) is 3.74. The molecule has 9 nitrogen and oxygen atoms in total. The maximum absolute atomic E-state index is 11.8. The normalized spacial score (nSPS) is 12.3. The molecule has 2 aromatic rings. The Kier molecular flexibility index (Phi) is 8.01. The summed E-state index contributed by atoms with van der Waals surface area (Å²) in [6.07, 6.45) is -3.09. The molecule has 0 bridgehead atoms. The number of carbonyl (C=O) groups excluding carboxylic acids is 4. The number of carbonyl (C=O) groups is 4. The van der Waals surface area contributed by atoms with Crippen LogP contribution in [-0.2, 0) is 36.6 Å². The van der Waals surface area contributed by atoms with Crippen molar-refractivity contribution in [1.82, 2.24) is 0 Å². The summed E-state index contributed by atoms with van der Waals surface area (Å²) in [6, 6.07) is 15.3. The average molecular weight is 400 g/mol. The van der Waals surface area contributed by atoms with Crippen molar-refractivity contribution in [3.63, 3.8) is 0 Å². The van der Waals surface area contributed by atoms with Gasteiger partial charge in [-0.05, 0) is 24.0 Å². The summed E-state index contributed by atoms with van der Waals surface area (Å²) in [7, 11) is 0. The number of hydrogen-bond donors (Lipinski definition) is 2. The molecule has 0 saturated heterocycles. The first-order valence-corrected chi connectivity index (χ1v) is 8.63. The first-order valence-electron chi connectivity index (χ1n) is 8.63. The van der Waals surface area contributed by atoms with Gasteiger partial charge in [0.1, 0.15) is 12.1 Å². The summed E-state index contributed by atoms with van der Waals surface area (Å²) in [5, 5.41) is 0. The minimum Gasteiger partial charge on any atom is -0.359 e. The predicted molar refractivity (Wildman–Crippen MR) is 100 cm³/mol. The zero-order valence-corrected chi connectivity index (χ0v) is 15.4. The van der Waals surface area contributed by atoms with Crippen LogP contribution in [0.15, 0.2) is 60.7 Å². The Labute approximate surface area is 166 Å². The third kappa shape index (κ3) is 7.53. The van der Waals surface area contributed by atoms with Crippen molar-refractivity contribution in [3.8, 4) is 0 Å². The Morgan fingerprint density at radius 1 is 0.621 bits per heavy atom. The Morgan fingerprint density at radius 2 is 0.966 bits per heavy atom. The third-order valence-corrected chi connectivity index (χ3v) is 3.74. The quantitative estimate of drug-likeness (QED) is 0.543. The predicted octanol–water partition coefficient (Wildman–Crippen LogP) is 1.47. The van der Waals surface area contributed by atoms with Crippen molar-refractivity contribution in [3.05, 3.63) is 71.8 Å². The number of esters is 2. The topological polar surface area (TPSA) is 148 Å². The molecule has 152 valence electrons. The van der Waals surface area contributed by atoms with Crippen molar-refractivity contribution < 1.29 is 33.4 Å². The molecule has 29 heavy (non-hydrogen) atoms.